The predicted molar refractivity (Wildman–Crippen MR) is 79.0 cm³/mol. The Hall–Kier alpha value is -1.54. The number of rotatable bonds is 2. The molecule has 19 heavy (non-hydrogen) atoms. The summed E-state index contributed by atoms with van der Waals surface area (Å²) in [5, 5.41) is 1.33. The smallest absolute Gasteiger partial charge is 0.0501 e. The lowest BCUT2D eigenvalue weighted by molar-refractivity contribution is 0.0167. The molecule has 98 valence electrons. The number of H-pyrrole nitrogens is 1. The molecule has 0 spiro atoms. The van der Waals surface area contributed by atoms with Gasteiger partial charge in [0, 0.05) is 17.8 Å². The van der Waals surface area contributed by atoms with Crippen molar-refractivity contribution in [3.63, 3.8) is 0 Å². The molecular formula is C17H20N2. The third-order valence-electron chi connectivity index (χ3n) is 5.02. The number of hydrogen-bond acceptors (Lipinski definition) is 1. The molecule has 3 saturated heterocycles. The van der Waals surface area contributed by atoms with Crippen LogP contribution in [0, 0.1) is 11.8 Å². The van der Waals surface area contributed by atoms with Crippen LogP contribution in [-0.2, 0) is 0 Å². The minimum absolute atomic E-state index is 0.586. The number of aromatic amines is 1. The van der Waals surface area contributed by atoms with E-state index in [-0.39, 0.29) is 0 Å². The Labute approximate surface area is 114 Å². The van der Waals surface area contributed by atoms with Gasteiger partial charge in [0.05, 0.1) is 6.04 Å². The molecule has 0 aliphatic carbocycles. The largest absolute Gasteiger partial charge is 0.357 e. The van der Waals surface area contributed by atoms with Crippen molar-refractivity contribution in [2.75, 3.05) is 13.1 Å². The van der Waals surface area contributed by atoms with E-state index in [1.807, 2.05) is 0 Å². The number of para-hydroxylation sites is 1. The average Bonchev–Trinajstić information content (AvgIpc) is 2.91. The van der Waals surface area contributed by atoms with Gasteiger partial charge >= 0.3 is 0 Å². The van der Waals surface area contributed by atoms with E-state index in [9.17, 15) is 0 Å². The lowest BCUT2D eigenvalue weighted by Crippen LogP contribution is -2.48. The zero-order valence-corrected chi connectivity index (χ0v) is 11.2. The average molecular weight is 252 g/mol. The Morgan fingerprint density at radius 2 is 2.21 bits per heavy atom. The van der Waals surface area contributed by atoms with Crippen molar-refractivity contribution in [1.82, 2.24) is 9.88 Å². The summed E-state index contributed by atoms with van der Waals surface area (Å²) < 4.78 is 0. The first-order valence-corrected chi connectivity index (χ1v) is 7.29. The summed E-state index contributed by atoms with van der Waals surface area (Å²) in [7, 11) is 0. The third-order valence-corrected chi connectivity index (χ3v) is 5.02. The van der Waals surface area contributed by atoms with Crippen molar-refractivity contribution < 1.29 is 0 Å². The molecule has 1 aromatic carbocycles. The number of nitrogens with one attached hydrogen (secondary N) is 1. The van der Waals surface area contributed by atoms with Gasteiger partial charge in [-0.3, -0.25) is 4.90 Å². The second-order valence-electron chi connectivity index (χ2n) is 6.01. The molecule has 3 aliphatic heterocycles. The first kappa shape index (κ1) is 11.3. The van der Waals surface area contributed by atoms with Crippen LogP contribution in [0.2, 0.25) is 0 Å². The van der Waals surface area contributed by atoms with E-state index >= 15 is 0 Å². The maximum absolute atomic E-state index is 4.00. The van der Waals surface area contributed by atoms with E-state index in [1.54, 1.807) is 0 Å². The molecule has 2 nitrogen and oxygen atoms in total. The first-order valence-electron chi connectivity index (χ1n) is 7.29. The minimum atomic E-state index is 0.586. The van der Waals surface area contributed by atoms with Gasteiger partial charge in [-0.15, -0.1) is 6.58 Å². The molecule has 1 unspecified atom stereocenters. The molecule has 1 aromatic heterocycles. The van der Waals surface area contributed by atoms with Gasteiger partial charge in [-0.05, 0) is 48.7 Å². The second-order valence-corrected chi connectivity index (χ2v) is 6.01. The van der Waals surface area contributed by atoms with E-state index in [2.05, 4.69) is 52.9 Å². The fraction of sp³-hybridized carbons (Fsp3) is 0.412. The first-order chi connectivity index (χ1) is 9.35. The van der Waals surface area contributed by atoms with Crippen molar-refractivity contribution in [2.24, 2.45) is 11.8 Å². The van der Waals surface area contributed by atoms with Gasteiger partial charge in [0.15, 0.2) is 0 Å². The van der Waals surface area contributed by atoms with E-state index < -0.39 is 0 Å². The zero-order chi connectivity index (χ0) is 12.8. The third kappa shape index (κ3) is 1.74. The lowest BCUT2D eigenvalue weighted by Gasteiger charge is -2.48. The maximum atomic E-state index is 4.00. The monoisotopic (exact) mass is 252 g/mol. The van der Waals surface area contributed by atoms with Crippen LogP contribution < -0.4 is 0 Å². The zero-order valence-electron chi connectivity index (χ0n) is 11.2. The predicted octanol–water partition coefficient (Wildman–Crippen LogP) is 3.74. The van der Waals surface area contributed by atoms with Crippen LogP contribution in [0.15, 0.2) is 43.0 Å². The highest BCUT2D eigenvalue weighted by atomic mass is 15.2. The quantitative estimate of drug-likeness (QED) is 0.807. The molecule has 2 bridgehead atoms. The van der Waals surface area contributed by atoms with Gasteiger partial charge in [-0.25, -0.2) is 0 Å². The Morgan fingerprint density at radius 3 is 2.95 bits per heavy atom. The molecular weight excluding hydrogens is 232 g/mol. The van der Waals surface area contributed by atoms with Gasteiger partial charge in [-0.1, -0.05) is 24.3 Å². The highest BCUT2D eigenvalue weighted by molar-refractivity contribution is 5.80. The van der Waals surface area contributed by atoms with Gasteiger partial charge in [0.25, 0.3) is 0 Å². The number of piperidine rings is 3. The lowest BCUT2D eigenvalue weighted by atomic mass is 9.75. The van der Waals surface area contributed by atoms with Crippen LogP contribution in [0.5, 0.6) is 0 Å². The van der Waals surface area contributed by atoms with Crippen LogP contribution in [0.25, 0.3) is 10.9 Å². The van der Waals surface area contributed by atoms with Crippen LogP contribution in [-0.4, -0.2) is 23.0 Å². The van der Waals surface area contributed by atoms with E-state index in [0.717, 1.165) is 5.92 Å². The summed E-state index contributed by atoms with van der Waals surface area (Å²) in [6.45, 7) is 6.43. The number of hydrogen-bond donors (Lipinski definition) is 1. The minimum Gasteiger partial charge on any atom is -0.357 e. The van der Waals surface area contributed by atoms with Crippen molar-refractivity contribution in [2.45, 2.75) is 18.9 Å². The van der Waals surface area contributed by atoms with E-state index in [0.29, 0.717) is 12.0 Å². The summed E-state index contributed by atoms with van der Waals surface area (Å²) in [5.41, 5.74) is 2.66. The van der Waals surface area contributed by atoms with Gasteiger partial charge in [0.2, 0.25) is 0 Å². The summed E-state index contributed by atoms with van der Waals surface area (Å²) in [4.78, 5) is 6.25. The Kier molecular flexibility index (Phi) is 2.52. The van der Waals surface area contributed by atoms with Gasteiger partial charge in [-0.2, -0.15) is 0 Å². The molecule has 1 N–H and O–H groups in total. The number of nitrogens with zero attached hydrogens (tertiary/aromatic N) is 1. The van der Waals surface area contributed by atoms with Crippen LogP contribution in [0.4, 0.5) is 0 Å². The summed E-state index contributed by atoms with van der Waals surface area (Å²) >= 11 is 0. The summed E-state index contributed by atoms with van der Waals surface area (Å²) in [5.74, 6) is 1.54. The number of fused-ring (bicyclic) bond motifs is 4. The van der Waals surface area contributed by atoms with Crippen LogP contribution in [0.1, 0.15) is 24.6 Å². The van der Waals surface area contributed by atoms with Crippen LogP contribution >= 0.6 is 0 Å². The Morgan fingerprint density at radius 1 is 1.32 bits per heavy atom. The highest BCUT2D eigenvalue weighted by Crippen LogP contribution is 2.43. The van der Waals surface area contributed by atoms with Crippen molar-refractivity contribution in [3.05, 3.63) is 48.7 Å². The van der Waals surface area contributed by atoms with Crippen molar-refractivity contribution in [1.29, 1.82) is 0 Å². The van der Waals surface area contributed by atoms with Gasteiger partial charge < -0.3 is 4.98 Å². The fourth-order valence-electron chi connectivity index (χ4n) is 3.93. The molecule has 3 fully saturated rings. The molecule has 5 rings (SSSR count). The SMILES string of the molecule is C=C[C@H]1CN2CC[C@H]1C[C@H]2c1cc2ccccc2[nH]1. The standard InChI is InChI=1S/C17H20N2/c1-2-12-11-19-8-7-13(12)10-17(19)16-9-14-5-3-4-6-15(14)18-16/h2-6,9,12-13,17-18H,1,7-8,10-11H2/t12-,13-,17-/m0/s1. The van der Waals surface area contributed by atoms with Crippen molar-refractivity contribution >= 4 is 10.9 Å². The Bertz CT molecular complexity index is 580. The Balaban J connectivity index is 1.68. The van der Waals surface area contributed by atoms with E-state index in [4.69, 9.17) is 0 Å². The number of aromatic nitrogens is 1. The summed E-state index contributed by atoms with van der Waals surface area (Å²) in [6, 6.07) is 11.5. The molecule has 0 radical (unpaired) electrons. The summed E-state index contributed by atoms with van der Waals surface area (Å²) in [6.07, 6.45) is 4.79. The highest BCUT2D eigenvalue weighted by Gasteiger charge is 2.39. The molecule has 0 amide bonds. The second kappa shape index (κ2) is 4.24. The molecule has 2 heteroatoms. The fourth-order valence-corrected chi connectivity index (χ4v) is 3.93. The molecule has 3 aliphatic rings. The maximum Gasteiger partial charge on any atom is 0.0501 e. The van der Waals surface area contributed by atoms with E-state index in [1.165, 1.54) is 42.5 Å². The molecule has 0 saturated carbocycles. The number of benzene rings is 1. The topological polar surface area (TPSA) is 19.0 Å². The molecule has 4 heterocycles. The van der Waals surface area contributed by atoms with Crippen LogP contribution in [0.3, 0.4) is 0 Å². The molecule has 4 atom stereocenters. The normalized spacial score (nSPS) is 33.7. The van der Waals surface area contributed by atoms with Crippen molar-refractivity contribution in [3.8, 4) is 0 Å². The molecule has 2 aromatic rings. The van der Waals surface area contributed by atoms with Gasteiger partial charge in [0.1, 0.15) is 0 Å².